The second-order valence-corrected chi connectivity index (χ2v) is 17.9. The molecule has 7 rings (SSSR count). The van der Waals surface area contributed by atoms with E-state index in [1.54, 1.807) is 0 Å². The zero-order valence-electron chi connectivity index (χ0n) is 28.8. The van der Waals surface area contributed by atoms with Crippen LogP contribution in [0.25, 0.3) is 0 Å². The van der Waals surface area contributed by atoms with Gasteiger partial charge in [-0.15, -0.1) is 0 Å². The van der Waals surface area contributed by atoms with Gasteiger partial charge in [0.05, 0.1) is 0 Å². The number of rotatable bonds is 16. The molecule has 1 atom stereocenters. The van der Waals surface area contributed by atoms with Crippen LogP contribution >= 0.6 is 23.0 Å². The van der Waals surface area contributed by atoms with E-state index in [9.17, 15) is 0 Å². The summed E-state index contributed by atoms with van der Waals surface area (Å²) in [6, 6.07) is 54.1. The first-order valence-electron chi connectivity index (χ1n) is 17.2. The lowest BCUT2D eigenvalue weighted by molar-refractivity contribution is 0.441. The van der Waals surface area contributed by atoms with Gasteiger partial charge in [-0.3, -0.25) is 0 Å². The average molecular weight is 765 g/mol. The molecule has 1 heterocycles. The smallest absolute Gasteiger partial charge is 0.413 e. The van der Waals surface area contributed by atoms with Gasteiger partial charge in [-0.05, 0) is 98.1 Å². The predicted molar refractivity (Wildman–Crippen MR) is 212 cm³/mol. The van der Waals surface area contributed by atoms with Crippen LogP contribution in [0, 0.1) is 0 Å². The predicted octanol–water partition coefficient (Wildman–Crippen LogP) is 12.6. The molecule has 270 valence electrons. The number of hydrogen-bond acceptors (Lipinski definition) is 10. The quantitative estimate of drug-likeness (QED) is 0.0770. The van der Waals surface area contributed by atoms with Crippen molar-refractivity contribution in [2.24, 2.45) is 19.3 Å². The van der Waals surface area contributed by atoms with E-state index in [0.717, 1.165) is 18.4 Å². The Hall–Kier alpha value is -5.23. The van der Waals surface area contributed by atoms with Crippen LogP contribution in [0.3, 0.4) is 0 Å². The molecule has 1 aliphatic rings. The van der Waals surface area contributed by atoms with Crippen LogP contribution in [-0.4, -0.2) is 6.54 Å². The van der Waals surface area contributed by atoms with E-state index < -0.39 is 23.0 Å². The molecule has 0 fully saturated rings. The fourth-order valence-corrected chi connectivity index (χ4v) is 14.3. The Labute approximate surface area is 310 Å². The van der Waals surface area contributed by atoms with Crippen molar-refractivity contribution in [3.05, 3.63) is 181 Å². The number of para-hydroxylation sites is 6. The van der Waals surface area contributed by atoms with Crippen molar-refractivity contribution in [2.75, 3.05) is 6.54 Å². The van der Waals surface area contributed by atoms with Crippen molar-refractivity contribution in [1.82, 2.24) is 0 Å². The van der Waals surface area contributed by atoms with Gasteiger partial charge in [0.25, 0.3) is 0 Å². The number of benzene rings is 6. The van der Waals surface area contributed by atoms with Crippen molar-refractivity contribution in [3.8, 4) is 34.5 Å². The average Bonchev–Trinajstić information content (AvgIpc) is 3.17. The summed E-state index contributed by atoms with van der Waals surface area (Å²) in [5.74, 6) is 2.85. The highest BCUT2D eigenvalue weighted by molar-refractivity contribution is 7.79. The van der Waals surface area contributed by atoms with Gasteiger partial charge in [0.2, 0.25) is 0 Å². The second-order valence-electron chi connectivity index (χ2n) is 11.7. The fourth-order valence-electron chi connectivity index (χ4n) is 5.24. The fraction of sp³-hybridized carbons (Fsp3) is 0.100. The third kappa shape index (κ3) is 9.61. The summed E-state index contributed by atoms with van der Waals surface area (Å²) in [6.07, 6.45) is 2.44. The summed E-state index contributed by atoms with van der Waals surface area (Å²) in [5, 5.41) is 0. The Bertz CT molecular complexity index is 2070. The molecule has 0 spiro atoms. The van der Waals surface area contributed by atoms with Crippen LogP contribution in [0.1, 0.15) is 18.4 Å². The van der Waals surface area contributed by atoms with Gasteiger partial charge < -0.3 is 32.9 Å². The Kier molecular flexibility index (Phi) is 11.6. The van der Waals surface area contributed by atoms with Crippen LogP contribution in [-0.2, 0) is 6.42 Å². The highest BCUT2D eigenvalue weighted by Crippen LogP contribution is 2.78. The Morgan fingerprint density at radius 3 is 1.00 bits per heavy atom. The molecule has 0 aromatic heterocycles. The lowest BCUT2D eigenvalue weighted by atomic mass is 10.1. The Morgan fingerprint density at radius 1 is 0.358 bits per heavy atom. The highest BCUT2D eigenvalue weighted by atomic mass is 31.3. The largest absolute Gasteiger partial charge is 0.460 e. The zero-order chi connectivity index (χ0) is 36.2. The van der Waals surface area contributed by atoms with Gasteiger partial charge in [-0.1, -0.05) is 123 Å². The Balaban J connectivity index is 1.54. The Morgan fingerprint density at radius 2 is 0.660 bits per heavy atom. The number of nitrogens with two attached hydrogens (primary N) is 1. The topological polar surface area (TPSA) is 118 Å². The normalized spacial score (nSPS) is 16.8. The molecule has 1 aliphatic heterocycles. The summed E-state index contributed by atoms with van der Waals surface area (Å²) in [7, 11) is -11.8. The van der Waals surface area contributed by atoms with Gasteiger partial charge in [0.1, 0.15) is 34.5 Å². The maximum atomic E-state index is 7.07. The van der Waals surface area contributed by atoms with Crippen molar-refractivity contribution >= 4 is 23.0 Å². The minimum atomic E-state index is -3.96. The third-order valence-corrected chi connectivity index (χ3v) is 15.7. The van der Waals surface area contributed by atoms with E-state index in [-0.39, 0.29) is 0 Å². The summed E-state index contributed by atoms with van der Waals surface area (Å²) >= 11 is 0. The molecule has 0 amide bonds. The number of aryl methyl sites for hydroxylation is 1. The monoisotopic (exact) mass is 764 g/mol. The number of unbranched alkanes of at least 4 members (excludes halogenated alkanes) is 1. The van der Waals surface area contributed by atoms with Crippen molar-refractivity contribution in [2.45, 2.75) is 19.3 Å². The van der Waals surface area contributed by atoms with Gasteiger partial charge in [-0.25, -0.2) is 0 Å². The molecule has 0 bridgehead atoms. The molecule has 6 aromatic carbocycles. The minimum absolute atomic E-state index is 0.462. The van der Waals surface area contributed by atoms with Crippen molar-refractivity contribution < 1.29 is 27.1 Å². The first-order valence-corrected chi connectivity index (χ1v) is 21.8. The standard InChI is InChI=1S/C40H39N4O6P3/c41-33-19-18-21-34-20-16-17-32-40(34)50-53(49-39-30-14-5-15-31-39)43-51(45-35-22-6-1-7-23-35,46-36-24-8-2-9-25-36)42-52(44-53,47-37-26-10-3-11-27-37)48-38-28-12-4-13-29-38/h1-17,20,22-32H,18-19,21,33,41H2. The first kappa shape index (κ1) is 36.1. The summed E-state index contributed by atoms with van der Waals surface area (Å²) in [4.78, 5) is 0. The van der Waals surface area contributed by atoms with Crippen molar-refractivity contribution in [1.29, 1.82) is 0 Å². The molecule has 0 saturated heterocycles. The van der Waals surface area contributed by atoms with Gasteiger partial charge in [0.15, 0.2) is 0 Å². The first-order chi connectivity index (χ1) is 26.0. The minimum Gasteiger partial charge on any atom is -0.413 e. The lowest BCUT2D eigenvalue weighted by Crippen LogP contribution is -2.11. The van der Waals surface area contributed by atoms with E-state index in [4.69, 9.17) is 46.4 Å². The molecule has 1 unspecified atom stereocenters. The molecule has 6 aromatic rings. The molecule has 0 radical (unpaired) electrons. The lowest BCUT2D eigenvalue weighted by Gasteiger charge is -2.33. The molecular weight excluding hydrogens is 725 g/mol. The number of nitrogens with zero attached hydrogens (tertiary/aromatic N) is 3. The zero-order valence-corrected chi connectivity index (χ0v) is 31.5. The van der Waals surface area contributed by atoms with Crippen LogP contribution in [0.2, 0.25) is 0 Å². The summed E-state index contributed by atoms with van der Waals surface area (Å²) < 4.78 is 57.1. The molecule has 10 nitrogen and oxygen atoms in total. The highest BCUT2D eigenvalue weighted by Gasteiger charge is 2.49. The SMILES string of the molecule is NCCCCc1ccccc1OP1(Oc2ccccc2)=NP(Oc2ccccc2)(Oc2ccccc2)=NP(Oc2ccccc2)(Oc2ccccc2)=N1. The second kappa shape index (κ2) is 17.1. The molecular formula is C40H39N4O6P3. The number of hydrogen-bond donors (Lipinski definition) is 1. The molecule has 0 aliphatic carbocycles. The van der Waals surface area contributed by atoms with Gasteiger partial charge in [-0.2, -0.15) is 0 Å². The van der Waals surface area contributed by atoms with Crippen LogP contribution in [0.5, 0.6) is 34.5 Å². The third-order valence-electron chi connectivity index (χ3n) is 7.61. The van der Waals surface area contributed by atoms with Gasteiger partial charge >= 0.3 is 23.0 Å². The van der Waals surface area contributed by atoms with E-state index >= 15 is 0 Å². The van der Waals surface area contributed by atoms with Gasteiger partial charge in [0, 0.05) is 0 Å². The summed E-state index contributed by atoms with van der Waals surface area (Å²) in [5.41, 5.74) is 6.81. The summed E-state index contributed by atoms with van der Waals surface area (Å²) in [6.45, 7) is 0.588. The van der Waals surface area contributed by atoms with E-state index in [0.29, 0.717) is 47.5 Å². The van der Waals surface area contributed by atoms with E-state index in [1.165, 1.54) is 0 Å². The molecule has 53 heavy (non-hydrogen) atoms. The van der Waals surface area contributed by atoms with E-state index in [1.807, 2.05) is 176 Å². The van der Waals surface area contributed by atoms with Crippen molar-refractivity contribution in [3.63, 3.8) is 0 Å². The van der Waals surface area contributed by atoms with E-state index in [2.05, 4.69) is 0 Å². The maximum absolute atomic E-state index is 7.07. The van der Waals surface area contributed by atoms with Crippen LogP contribution < -0.4 is 32.9 Å². The van der Waals surface area contributed by atoms with Crippen LogP contribution in [0.4, 0.5) is 0 Å². The molecule has 13 heteroatoms. The maximum Gasteiger partial charge on any atom is 0.460 e. The molecule has 0 saturated carbocycles. The molecule has 2 N–H and O–H groups in total. The van der Waals surface area contributed by atoms with Crippen LogP contribution in [0.15, 0.2) is 189 Å².